The normalized spacial score (nSPS) is 11.2. The molecular weight excluding hydrogens is 426 g/mol. The Bertz CT molecular complexity index is 1620. The summed E-state index contributed by atoms with van der Waals surface area (Å²) in [5, 5.41) is 4.85. The van der Waals surface area contributed by atoms with Crippen molar-refractivity contribution in [1.29, 1.82) is 0 Å². The van der Waals surface area contributed by atoms with Crippen LogP contribution in [0, 0.1) is 0 Å². The minimum Gasteiger partial charge on any atom is -0.208 e. The molecule has 33 heavy (non-hydrogen) atoms. The van der Waals surface area contributed by atoms with Crippen LogP contribution in [0.15, 0.2) is 109 Å². The molecule has 0 aliphatic carbocycles. The van der Waals surface area contributed by atoms with Crippen molar-refractivity contribution in [2.45, 2.75) is 0 Å². The standard InChI is InChI=1S/C29H18ClN3/c30-29-32-27(20-10-2-1-3-11-20)31-28(33-29)26-18-8-16-24-23(15-7-17-25(24)26)22-14-6-12-19-9-4-5-13-21(19)22/h1-18H. The maximum absolute atomic E-state index is 6.33. The summed E-state index contributed by atoms with van der Waals surface area (Å²) in [7, 11) is 0. The Balaban J connectivity index is 1.58. The lowest BCUT2D eigenvalue weighted by Gasteiger charge is -2.13. The Kier molecular flexibility index (Phi) is 4.82. The SMILES string of the molecule is Clc1nc(-c2ccccc2)nc(-c2cccc3c(-c4cccc5ccccc45)cccc23)n1. The van der Waals surface area contributed by atoms with Crippen molar-refractivity contribution in [2.75, 3.05) is 0 Å². The molecule has 3 nitrogen and oxygen atoms in total. The van der Waals surface area contributed by atoms with E-state index in [0.29, 0.717) is 11.6 Å². The van der Waals surface area contributed by atoms with Crippen molar-refractivity contribution in [3.8, 4) is 33.9 Å². The van der Waals surface area contributed by atoms with Crippen LogP contribution in [0.3, 0.4) is 0 Å². The third-order valence-corrected chi connectivity index (χ3v) is 6.05. The lowest BCUT2D eigenvalue weighted by atomic mass is 9.92. The van der Waals surface area contributed by atoms with Gasteiger partial charge < -0.3 is 0 Å². The van der Waals surface area contributed by atoms with Gasteiger partial charge in [-0.15, -0.1) is 0 Å². The molecule has 0 radical (unpaired) electrons. The number of halogens is 1. The molecule has 156 valence electrons. The van der Waals surface area contributed by atoms with E-state index >= 15 is 0 Å². The van der Waals surface area contributed by atoms with E-state index < -0.39 is 0 Å². The second-order valence-corrected chi connectivity index (χ2v) is 8.19. The average Bonchev–Trinajstić information content (AvgIpc) is 2.88. The first-order chi connectivity index (χ1) is 16.3. The van der Waals surface area contributed by atoms with Gasteiger partial charge in [0.25, 0.3) is 0 Å². The zero-order valence-electron chi connectivity index (χ0n) is 17.6. The Morgan fingerprint density at radius 1 is 0.424 bits per heavy atom. The zero-order chi connectivity index (χ0) is 22.2. The molecule has 0 saturated heterocycles. The smallest absolute Gasteiger partial charge is 0.208 e. The number of rotatable bonds is 3. The molecule has 0 fully saturated rings. The van der Waals surface area contributed by atoms with Crippen molar-refractivity contribution in [3.05, 3.63) is 114 Å². The van der Waals surface area contributed by atoms with Gasteiger partial charge in [0.2, 0.25) is 5.28 Å². The van der Waals surface area contributed by atoms with E-state index in [-0.39, 0.29) is 5.28 Å². The summed E-state index contributed by atoms with van der Waals surface area (Å²) in [5.74, 6) is 1.13. The molecule has 6 aromatic rings. The van der Waals surface area contributed by atoms with Gasteiger partial charge in [0, 0.05) is 11.1 Å². The van der Waals surface area contributed by atoms with Gasteiger partial charge in [-0.1, -0.05) is 109 Å². The highest BCUT2D eigenvalue weighted by atomic mass is 35.5. The van der Waals surface area contributed by atoms with Crippen LogP contribution in [-0.2, 0) is 0 Å². The summed E-state index contributed by atoms with van der Waals surface area (Å²) in [5.41, 5.74) is 4.21. The minimum absolute atomic E-state index is 0.182. The van der Waals surface area contributed by atoms with Crippen LogP contribution in [0.25, 0.3) is 55.4 Å². The van der Waals surface area contributed by atoms with E-state index in [2.05, 4.69) is 76.7 Å². The van der Waals surface area contributed by atoms with Crippen LogP contribution in [0.1, 0.15) is 0 Å². The summed E-state index contributed by atoms with van der Waals surface area (Å²) < 4.78 is 0. The Hall–Kier alpha value is -4.08. The fraction of sp³-hybridized carbons (Fsp3) is 0. The number of hydrogen-bond donors (Lipinski definition) is 0. The molecule has 0 saturated carbocycles. The first-order valence-electron chi connectivity index (χ1n) is 10.8. The lowest BCUT2D eigenvalue weighted by molar-refractivity contribution is 1.07. The molecule has 0 N–H and O–H groups in total. The molecular formula is C29H18ClN3. The Labute approximate surface area is 196 Å². The van der Waals surface area contributed by atoms with Gasteiger partial charge in [-0.3, -0.25) is 0 Å². The van der Waals surface area contributed by atoms with Gasteiger partial charge >= 0.3 is 0 Å². The molecule has 0 amide bonds. The molecule has 0 aliphatic heterocycles. The van der Waals surface area contributed by atoms with Crippen molar-refractivity contribution in [2.24, 2.45) is 0 Å². The molecule has 0 unspecified atom stereocenters. The number of benzene rings is 5. The molecule has 0 atom stereocenters. The fourth-order valence-corrected chi connectivity index (χ4v) is 4.55. The van der Waals surface area contributed by atoms with Gasteiger partial charge in [-0.25, -0.2) is 4.98 Å². The monoisotopic (exact) mass is 443 g/mol. The van der Waals surface area contributed by atoms with Crippen LogP contribution in [0.4, 0.5) is 0 Å². The van der Waals surface area contributed by atoms with Crippen molar-refractivity contribution >= 4 is 33.1 Å². The van der Waals surface area contributed by atoms with E-state index in [1.54, 1.807) is 0 Å². The molecule has 4 heteroatoms. The Morgan fingerprint density at radius 2 is 0.970 bits per heavy atom. The predicted molar refractivity (Wildman–Crippen MR) is 136 cm³/mol. The maximum Gasteiger partial charge on any atom is 0.226 e. The van der Waals surface area contributed by atoms with E-state index in [0.717, 1.165) is 21.9 Å². The van der Waals surface area contributed by atoms with Crippen molar-refractivity contribution in [3.63, 3.8) is 0 Å². The maximum atomic E-state index is 6.33. The first kappa shape index (κ1) is 19.6. The highest BCUT2D eigenvalue weighted by Crippen LogP contribution is 2.37. The molecule has 0 bridgehead atoms. The third kappa shape index (κ3) is 3.53. The van der Waals surface area contributed by atoms with Gasteiger partial charge in [0.15, 0.2) is 11.6 Å². The summed E-state index contributed by atoms with van der Waals surface area (Å²) in [4.78, 5) is 13.6. The summed E-state index contributed by atoms with van der Waals surface area (Å²) >= 11 is 6.33. The molecule has 1 heterocycles. The van der Waals surface area contributed by atoms with Crippen molar-refractivity contribution in [1.82, 2.24) is 15.0 Å². The quantitative estimate of drug-likeness (QED) is 0.279. The van der Waals surface area contributed by atoms with Crippen LogP contribution in [-0.4, -0.2) is 15.0 Å². The van der Waals surface area contributed by atoms with E-state index in [1.807, 2.05) is 42.5 Å². The zero-order valence-corrected chi connectivity index (χ0v) is 18.4. The van der Waals surface area contributed by atoms with E-state index in [4.69, 9.17) is 16.6 Å². The number of fused-ring (bicyclic) bond motifs is 2. The van der Waals surface area contributed by atoms with Gasteiger partial charge in [0.05, 0.1) is 0 Å². The number of hydrogen-bond acceptors (Lipinski definition) is 3. The molecule has 5 aromatic carbocycles. The van der Waals surface area contributed by atoms with Gasteiger partial charge in [-0.2, -0.15) is 9.97 Å². The molecule has 1 aromatic heterocycles. The van der Waals surface area contributed by atoms with Crippen molar-refractivity contribution < 1.29 is 0 Å². The topological polar surface area (TPSA) is 38.7 Å². The third-order valence-electron chi connectivity index (χ3n) is 5.88. The van der Waals surface area contributed by atoms with E-state index in [9.17, 15) is 0 Å². The van der Waals surface area contributed by atoms with E-state index in [1.165, 1.54) is 21.9 Å². The highest BCUT2D eigenvalue weighted by molar-refractivity contribution is 6.28. The number of nitrogens with zero attached hydrogens (tertiary/aromatic N) is 3. The van der Waals surface area contributed by atoms with Crippen LogP contribution in [0.5, 0.6) is 0 Å². The predicted octanol–water partition coefficient (Wildman–Crippen LogP) is 7.83. The number of aromatic nitrogens is 3. The van der Waals surface area contributed by atoms with Crippen LogP contribution >= 0.6 is 11.6 Å². The fourth-order valence-electron chi connectivity index (χ4n) is 4.39. The molecule has 0 spiro atoms. The van der Waals surface area contributed by atoms with Crippen LogP contribution < -0.4 is 0 Å². The van der Waals surface area contributed by atoms with Gasteiger partial charge in [-0.05, 0) is 44.3 Å². The highest BCUT2D eigenvalue weighted by Gasteiger charge is 2.14. The summed E-state index contributed by atoms with van der Waals surface area (Å²) in [6.45, 7) is 0. The largest absolute Gasteiger partial charge is 0.226 e. The average molecular weight is 444 g/mol. The first-order valence-corrected chi connectivity index (χ1v) is 11.1. The second kappa shape index (κ2) is 8.12. The van der Waals surface area contributed by atoms with Gasteiger partial charge in [0.1, 0.15) is 0 Å². The lowest BCUT2D eigenvalue weighted by Crippen LogP contribution is -1.98. The molecule has 0 aliphatic rings. The summed E-state index contributed by atoms with van der Waals surface area (Å²) in [6, 6.07) is 37.3. The second-order valence-electron chi connectivity index (χ2n) is 7.85. The minimum atomic E-state index is 0.182. The molecule has 6 rings (SSSR count). The summed E-state index contributed by atoms with van der Waals surface area (Å²) in [6.07, 6.45) is 0. The van der Waals surface area contributed by atoms with Crippen LogP contribution in [0.2, 0.25) is 5.28 Å². The Morgan fingerprint density at radius 3 is 1.79 bits per heavy atom.